The molecule has 0 spiro atoms. The van der Waals surface area contributed by atoms with Gasteiger partial charge in [0, 0.05) is 25.0 Å². The van der Waals surface area contributed by atoms with Crippen LogP contribution >= 0.6 is 0 Å². The van der Waals surface area contributed by atoms with Crippen molar-refractivity contribution in [1.82, 2.24) is 20.0 Å². The summed E-state index contributed by atoms with van der Waals surface area (Å²) in [6, 6.07) is 12.2. The van der Waals surface area contributed by atoms with Crippen molar-refractivity contribution in [3.8, 4) is 0 Å². The molecule has 0 saturated carbocycles. The van der Waals surface area contributed by atoms with Crippen LogP contribution in [-0.4, -0.2) is 64.8 Å². The van der Waals surface area contributed by atoms with Crippen LogP contribution in [0.25, 0.3) is 10.9 Å². The topological polar surface area (TPSA) is 91.7 Å². The number of hydrogen-bond acceptors (Lipinski definition) is 5. The lowest BCUT2D eigenvalue weighted by Gasteiger charge is -2.28. The van der Waals surface area contributed by atoms with Crippen LogP contribution in [0.15, 0.2) is 42.6 Å². The second-order valence-corrected chi connectivity index (χ2v) is 11.0. The Morgan fingerprint density at radius 2 is 2.00 bits per heavy atom. The second kappa shape index (κ2) is 10.2. The van der Waals surface area contributed by atoms with E-state index in [4.69, 9.17) is 4.74 Å². The molecule has 2 aliphatic rings. The number of urea groups is 1. The Hall–Kier alpha value is -2.94. The van der Waals surface area contributed by atoms with Gasteiger partial charge in [-0.3, -0.25) is 9.58 Å². The molecule has 3 N–H and O–H groups in total. The minimum Gasteiger partial charge on any atom is -0.390 e. The summed E-state index contributed by atoms with van der Waals surface area (Å²) in [5, 5.41) is 22.2. The fourth-order valence-corrected chi connectivity index (χ4v) is 5.25. The van der Waals surface area contributed by atoms with Crippen molar-refractivity contribution < 1.29 is 14.6 Å². The largest absolute Gasteiger partial charge is 0.390 e. The van der Waals surface area contributed by atoms with Crippen LogP contribution in [0.5, 0.6) is 0 Å². The van der Waals surface area contributed by atoms with Crippen LogP contribution in [0.1, 0.15) is 49.9 Å². The number of anilines is 1. The summed E-state index contributed by atoms with van der Waals surface area (Å²) < 4.78 is 7.19. The third-order valence-corrected chi connectivity index (χ3v) is 7.28. The Bertz CT molecular complexity index is 1230. The normalized spacial score (nSPS) is 19.3. The van der Waals surface area contributed by atoms with Crippen molar-refractivity contribution in [1.29, 1.82) is 0 Å². The predicted octanol–water partition coefficient (Wildman–Crippen LogP) is 3.84. The summed E-state index contributed by atoms with van der Waals surface area (Å²) in [7, 11) is 0. The van der Waals surface area contributed by atoms with Crippen molar-refractivity contribution in [3.63, 3.8) is 0 Å². The number of rotatable bonds is 6. The Labute approximate surface area is 212 Å². The Morgan fingerprint density at radius 1 is 1.19 bits per heavy atom. The van der Waals surface area contributed by atoms with Crippen LogP contribution in [0.2, 0.25) is 0 Å². The highest BCUT2D eigenvalue weighted by Crippen LogP contribution is 2.34. The van der Waals surface area contributed by atoms with Gasteiger partial charge in [0.25, 0.3) is 0 Å². The highest BCUT2D eigenvalue weighted by molar-refractivity contribution is 6.00. The number of carbonyl (C=O) groups excluding carboxylic acids is 1. The average Bonchev–Trinajstić information content (AvgIpc) is 3.43. The SMILES string of the molecule is CC(C)(C)c1ccc2c(c1)CC[C@H]2NC(=O)Nc1cccc2c1cnn2CC(O)CN1CCOCC1. The molecule has 1 saturated heterocycles. The number of benzene rings is 2. The third kappa shape index (κ3) is 5.40. The Morgan fingerprint density at radius 3 is 2.78 bits per heavy atom. The first kappa shape index (κ1) is 24.7. The van der Waals surface area contributed by atoms with Gasteiger partial charge in [0.1, 0.15) is 0 Å². The van der Waals surface area contributed by atoms with Crippen LogP contribution in [-0.2, 0) is 23.1 Å². The first-order valence-electron chi connectivity index (χ1n) is 12.9. The summed E-state index contributed by atoms with van der Waals surface area (Å²) in [5.74, 6) is 0. The van der Waals surface area contributed by atoms with Crippen LogP contribution in [0.3, 0.4) is 0 Å². The molecule has 1 unspecified atom stereocenters. The summed E-state index contributed by atoms with van der Waals surface area (Å²) in [6.07, 6.45) is 3.09. The van der Waals surface area contributed by atoms with Crippen LogP contribution < -0.4 is 10.6 Å². The lowest BCUT2D eigenvalue weighted by atomic mass is 9.85. The van der Waals surface area contributed by atoms with E-state index < -0.39 is 6.10 Å². The number of morpholine rings is 1. The minimum atomic E-state index is -0.535. The van der Waals surface area contributed by atoms with Gasteiger partial charge in [-0.05, 0) is 47.1 Å². The molecule has 1 aliphatic heterocycles. The average molecular weight is 492 g/mol. The van der Waals surface area contributed by atoms with Gasteiger partial charge < -0.3 is 20.5 Å². The molecule has 2 heterocycles. The fraction of sp³-hybridized carbons (Fsp3) is 0.500. The molecule has 8 nitrogen and oxygen atoms in total. The van der Waals surface area contributed by atoms with E-state index in [0.29, 0.717) is 32.0 Å². The van der Waals surface area contributed by atoms with Gasteiger partial charge in [-0.25, -0.2) is 4.79 Å². The van der Waals surface area contributed by atoms with Crippen molar-refractivity contribution in [3.05, 3.63) is 59.3 Å². The number of amides is 2. The maximum absolute atomic E-state index is 12.9. The lowest BCUT2D eigenvalue weighted by Crippen LogP contribution is -2.42. The van der Waals surface area contributed by atoms with Crippen LogP contribution in [0.4, 0.5) is 10.5 Å². The first-order chi connectivity index (χ1) is 17.3. The molecule has 1 aliphatic carbocycles. The van der Waals surface area contributed by atoms with E-state index in [-0.39, 0.29) is 17.5 Å². The number of aliphatic hydroxyl groups is 1. The fourth-order valence-electron chi connectivity index (χ4n) is 5.25. The van der Waals surface area contributed by atoms with Crippen molar-refractivity contribution in [2.45, 2.75) is 57.7 Å². The van der Waals surface area contributed by atoms with Gasteiger partial charge >= 0.3 is 6.03 Å². The number of nitrogens with zero attached hydrogens (tertiary/aromatic N) is 3. The van der Waals surface area contributed by atoms with E-state index in [1.165, 1.54) is 16.7 Å². The van der Waals surface area contributed by atoms with E-state index >= 15 is 0 Å². The quantitative estimate of drug-likeness (QED) is 0.487. The first-order valence-corrected chi connectivity index (χ1v) is 12.9. The molecule has 1 aromatic heterocycles. The molecule has 0 radical (unpaired) electrons. The minimum absolute atomic E-state index is 0.00581. The zero-order chi connectivity index (χ0) is 25.3. The Balaban J connectivity index is 1.23. The van der Waals surface area contributed by atoms with E-state index in [2.05, 4.69) is 59.6 Å². The van der Waals surface area contributed by atoms with Gasteiger partial charge in [-0.2, -0.15) is 5.10 Å². The van der Waals surface area contributed by atoms with Crippen LogP contribution in [0, 0.1) is 0 Å². The van der Waals surface area contributed by atoms with Crippen molar-refractivity contribution in [2.24, 2.45) is 0 Å². The van der Waals surface area contributed by atoms with Gasteiger partial charge in [0.05, 0.1) is 49.3 Å². The maximum Gasteiger partial charge on any atom is 0.319 e. The number of fused-ring (bicyclic) bond motifs is 2. The Kier molecular flexibility index (Phi) is 7.01. The summed E-state index contributed by atoms with van der Waals surface area (Å²) in [6.45, 7) is 10.7. The molecule has 3 aromatic rings. The number of carbonyl (C=O) groups is 1. The molecule has 8 heteroatoms. The molecular weight excluding hydrogens is 454 g/mol. The standard InChI is InChI=1S/C28H37N5O3/c1-28(2,3)20-8-9-22-19(15-20)7-10-25(22)31-27(35)30-24-5-4-6-26-23(24)16-29-33(26)18-21(34)17-32-11-13-36-14-12-32/h4-6,8-9,15-16,21,25,34H,7,10-14,17-18H2,1-3H3,(H2,30,31,35)/t21?,25-/m1/s1. The van der Waals surface area contributed by atoms with Gasteiger partial charge in [0.15, 0.2) is 0 Å². The summed E-state index contributed by atoms with van der Waals surface area (Å²) >= 11 is 0. The number of aliphatic hydroxyl groups excluding tert-OH is 1. The molecular formula is C28H37N5O3. The van der Waals surface area contributed by atoms with Gasteiger partial charge in [-0.1, -0.05) is 45.0 Å². The number of aromatic nitrogens is 2. The number of ether oxygens (including phenoxy) is 1. The number of nitrogens with one attached hydrogen (secondary N) is 2. The van der Waals surface area contributed by atoms with Gasteiger partial charge in [0.2, 0.25) is 0 Å². The van der Waals surface area contributed by atoms with E-state index in [0.717, 1.165) is 36.8 Å². The number of β-amino-alcohol motifs (C(OH)–C–C–N with tert-alkyl or cyclic N) is 1. The van der Waals surface area contributed by atoms with E-state index in [9.17, 15) is 9.90 Å². The summed E-state index contributed by atoms with van der Waals surface area (Å²) in [5.41, 5.74) is 5.56. The monoisotopic (exact) mass is 491 g/mol. The highest BCUT2D eigenvalue weighted by atomic mass is 16.5. The zero-order valence-electron chi connectivity index (χ0n) is 21.5. The molecule has 36 heavy (non-hydrogen) atoms. The molecule has 2 amide bonds. The molecule has 2 atom stereocenters. The molecule has 1 fully saturated rings. The van der Waals surface area contributed by atoms with Crippen molar-refractivity contribution in [2.75, 3.05) is 38.2 Å². The lowest BCUT2D eigenvalue weighted by molar-refractivity contribution is 0.0111. The molecule has 0 bridgehead atoms. The predicted molar refractivity (Wildman–Crippen MR) is 141 cm³/mol. The summed E-state index contributed by atoms with van der Waals surface area (Å²) in [4.78, 5) is 15.2. The molecule has 192 valence electrons. The zero-order valence-corrected chi connectivity index (χ0v) is 21.5. The number of aryl methyl sites for hydroxylation is 1. The van der Waals surface area contributed by atoms with Crippen molar-refractivity contribution >= 4 is 22.6 Å². The third-order valence-electron chi connectivity index (χ3n) is 7.28. The highest BCUT2D eigenvalue weighted by Gasteiger charge is 2.26. The number of hydrogen-bond donors (Lipinski definition) is 3. The maximum atomic E-state index is 12.9. The molecule has 5 rings (SSSR count). The smallest absolute Gasteiger partial charge is 0.319 e. The second-order valence-electron chi connectivity index (χ2n) is 11.0. The van der Waals surface area contributed by atoms with E-state index in [1.54, 1.807) is 6.20 Å². The van der Waals surface area contributed by atoms with E-state index in [1.807, 2.05) is 22.9 Å². The van der Waals surface area contributed by atoms with Gasteiger partial charge in [-0.15, -0.1) is 0 Å². The molecule has 2 aromatic carbocycles.